The Morgan fingerprint density at radius 2 is 1.89 bits per heavy atom. The van der Waals surface area contributed by atoms with Gasteiger partial charge < -0.3 is 9.84 Å². The monoisotopic (exact) mass is 401 g/mol. The van der Waals surface area contributed by atoms with Gasteiger partial charge in [0.15, 0.2) is 6.29 Å². The number of nitrogens with zero attached hydrogens (tertiary/aromatic N) is 2. The van der Waals surface area contributed by atoms with Gasteiger partial charge in [-0.25, -0.2) is 4.99 Å². The quantitative estimate of drug-likeness (QED) is 0.435. The van der Waals surface area contributed by atoms with E-state index in [1.165, 1.54) is 0 Å². The molecule has 0 spiro atoms. The predicted octanol–water partition coefficient (Wildman–Crippen LogP) is 5.53. The van der Waals surface area contributed by atoms with Gasteiger partial charge in [0, 0.05) is 33.4 Å². The second-order valence-electron chi connectivity index (χ2n) is 5.94. The van der Waals surface area contributed by atoms with Crippen LogP contribution in [0.15, 0.2) is 52.0 Å². The molecule has 0 bridgehead atoms. The average Bonchev–Trinajstić information content (AvgIpc) is 2.95. The van der Waals surface area contributed by atoms with Gasteiger partial charge in [0.2, 0.25) is 0 Å². The first kappa shape index (κ1) is 19.1. The molecule has 0 fully saturated rings. The Balaban J connectivity index is 1.93. The molecule has 3 aromatic rings. The first-order valence-corrected chi connectivity index (χ1v) is 8.98. The highest BCUT2D eigenvalue weighted by Gasteiger charge is 2.12. The Morgan fingerprint density at radius 1 is 1.19 bits per heavy atom. The summed E-state index contributed by atoms with van der Waals surface area (Å²) >= 11 is 12.0. The van der Waals surface area contributed by atoms with Crippen molar-refractivity contribution < 1.29 is 9.32 Å². The summed E-state index contributed by atoms with van der Waals surface area (Å²) < 4.78 is 5.19. The molecule has 2 aromatic carbocycles. The zero-order valence-electron chi connectivity index (χ0n) is 14.8. The zero-order valence-corrected chi connectivity index (χ0v) is 16.3. The second kappa shape index (κ2) is 8.37. The fourth-order valence-electron chi connectivity index (χ4n) is 2.69. The van der Waals surface area contributed by atoms with Crippen molar-refractivity contribution in [3.63, 3.8) is 0 Å². The number of para-hydroxylation sites is 1. The summed E-state index contributed by atoms with van der Waals surface area (Å²) in [6.07, 6.45) is 0.714. The molecule has 0 radical (unpaired) electrons. The van der Waals surface area contributed by atoms with Crippen LogP contribution in [0.5, 0.6) is 0 Å². The van der Waals surface area contributed by atoms with Gasteiger partial charge in [0.05, 0.1) is 11.4 Å². The lowest BCUT2D eigenvalue weighted by atomic mass is 10.1. The number of anilines is 1. The van der Waals surface area contributed by atoms with E-state index < -0.39 is 0 Å². The zero-order chi connectivity index (χ0) is 19.4. The summed E-state index contributed by atoms with van der Waals surface area (Å²) in [6.45, 7) is 4.28. The molecule has 1 aromatic heterocycles. The number of aryl methyl sites for hydroxylation is 2. The van der Waals surface area contributed by atoms with E-state index in [9.17, 15) is 4.79 Å². The van der Waals surface area contributed by atoms with Gasteiger partial charge in [-0.2, -0.15) is 0 Å². The molecule has 1 N–H and O–H groups in total. The number of aliphatic imine (C=N–C) groups is 1. The average molecular weight is 402 g/mol. The van der Waals surface area contributed by atoms with E-state index >= 15 is 0 Å². The number of hydrogen-bond donors (Lipinski definition) is 1. The number of carbonyl (C=O) groups is 1. The normalized spacial score (nSPS) is 11.5. The Labute approximate surface area is 167 Å². The molecular weight excluding hydrogens is 385 g/mol. The van der Waals surface area contributed by atoms with Crippen molar-refractivity contribution >= 4 is 46.6 Å². The van der Waals surface area contributed by atoms with E-state index in [0.717, 1.165) is 22.7 Å². The Kier molecular flexibility index (Phi) is 5.94. The van der Waals surface area contributed by atoms with Crippen LogP contribution < -0.4 is 5.32 Å². The van der Waals surface area contributed by atoms with Gasteiger partial charge in [-0.05, 0) is 38.1 Å². The fourth-order valence-corrected chi connectivity index (χ4v) is 3.21. The van der Waals surface area contributed by atoms with Crippen molar-refractivity contribution in [3.8, 4) is 0 Å². The third-order valence-electron chi connectivity index (χ3n) is 4.05. The van der Waals surface area contributed by atoms with Crippen molar-refractivity contribution in [1.82, 2.24) is 5.16 Å². The molecule has 5 nitrogen and oxygen atoms in total. The van der Waals surface area contributed by atoms with Gasteiger partial charge in [0.1, 0.15) is 11.5 Å². The van der Waals surface area contributed by atoms with Gasteiger partial charge in [0.25, 0.3) is 0 Å². The highest BCUT2D eigenvalue weighted by atomic mass is 35.5. The molecule has 0 unspecified atom stereocenters. The van der Waals surface area contributed by atoms with Crippen molar-refractivity contribution in [2.45, 2.75) is 20.4 Å². The number of nitrogens with one attached hydrogen (secondary N) is 1. The lowest BCUT2D eigenvalue weighted by Crippen LogP contribution is -2.09. The molecule has 3 rings (SSSR count). The molecule has 0 amide bonds. The minimum absolute atomic E-state index is 0.273. The molecular formula is C20H17Cl2N3O2. The maximum Gasteiger partial charge on any atom is 0.169 e. The number of aldehydes is 1. The molecule has 0 atom stereocenters. The summed E-state index contributed by atoms with van der Waals surface area (Å²) in [6, 6.07) is 12.4. The van der Waals surface area contributed by atoms with Crippen molar-refractivity contribution in [3.05, 3.63) is 75.1 Å². The molecule has 1 heterocycles. The van der Waals surface area contributed by atoms with Crippen LogP contribution >= 0.6 is 23.2 Å². The molecule has 0 saturated heterocycles. The summed E-state index contributed by atoms with van der Waals surface area (Å²) in [5.74, 6) is 0.760. The van der Waals surface area contributed by atoms with Gasteiger partial charge in [-0.1, -0.05) is 46.6 Å². The lowest BCUT2D eigenvalue weighted by Gasteiger charge is -2.11. The van der Waals surface area contributed by atoms with Crippen LogP contribution in [0, 0.1) is 13.8 Å². The fraction of sp³-hybridized carbons (Fsp3) is 0.150. The molecule has 7 heteroatoms. The highest BCUT2D eigenvalue weighted by Crippen LogP contribution is 2.26. The largest absolute Gasteiger partial charge is 0.380 e. The van der Waals surface area contributed by atoms with E-state index in [0.29, 0.717) is 34.1 Å². The number of hydrogen-bond acceptors (Lipinski definition) is 5. The van der Waals surface area contributed by atoms with Crippen LogP contribution in [0.1, 0.15) is 22.6 Å². The first-order chi connectivity index (χ1) is 13.0. The van der Waals surface area contributed by atoms with Crippen LogP contribution in [0.3, 0.4) is 0 Å². The van der Waals surface area contributed by atoms with E-state index in [-0.39, 0.29) is 5.71 Å². The molecule has 0 aliphatic carbocycles. The number of carbonyl (C=O) groups excluding carboxylic acids is 1. The Morgan fingerprint density at radius 3 is 2.52 bits per heavy atom. The van der Waals surface area contributed by atoms with Gasteiger partial charge >= 0.3 is 0 Å². The van der Waals surface area contributed by atoms with Crippen molar-refractivity contribution in [2.75, 3.05) is 5.32 Å². The standard InChI is InChI=1S/C20H17Cl2N3O2/c1-12-18(13(2)27-25-12)10-23-19-6-4-3-5-17(19)20(11-26)24-16-8-14(21)7-15(22)9-16/h3-9,11,23H,10H2,1-2H3/b24-20+. The van der Waals surface area contributed by atoms with Gasteiger partial charge in [-0.3, -0.25) is 4.79 Å². The van der Waals surface area contributed by atoms with E-state index in [4.69, 9.17) is 27.7 Å². The van der Waals surface area contributed by atoms with Gasteiger partial charge in [-0.15, -0.1) is 0 Å². The summed E-state index contributed by atoms with van der Waals surface area (Å²) in [5.41, 5.74) is 4.04. The minimum Gasteiger partial charge on any atom is -0.380 e. The molecule has 138 valence electrons. The SMILES string of the molecule is Cc1noc(C)c1CNc1ccccc1/C(C=O)=N/c1cc(Cl)cc(Cl)c1. The van der Waals surface area contributed by atoms with Crippen LogP contribution in [-0.4, -0.2) is 17.2 Å². The third kappa shape index (κ3) is 4.56. The maximum atomic E-state index is 11.7. The minimum atomic E-state index is 0.273. The molecule has 27 heavy (non-hydrogen) atoms. The molecule has 0 aliphatic rings. The van der Waals surface area contributed by atoms with Crippen molar-refractivity contribution in [2.24, 2.45) is 4.99 Å². The third-order valence-corrected chi connectivity index (χ3v) is 4.48. The highest BCUT2D eigenvalue weighted by molar-refractivity contribution is 6.38. The Hall–Kier alpha value is -2.63. The predicted molar refractivity (Wildman–Crippen MR) is 108 cm³/mol. The lowest BCUT2D eigenvalue weighted by molar-refractivity contribution is -0.102. The van der Waals surface area contributed by atoms with Crippen LogP contribution in [0.2, 0.25) is 10.0 Å². The number of rotatable bonds is 6. The second-order valence-corrected chi connectivity index (χ2v) is 6.82. The first-order valence-electron chi connectivity index (χ1n) is 8.23. The smallest absolute Gasteiger partial charge is 0.169 e. The van der Waals surface area contributed by atoms with Crippen LogP contribution in [0.25, 0.3) is 0 Å². The van der Waals surface area contributed by atoms with Crippen molar-refractivity contribution in [1.29, 1.82) is 0 Å². The van der Waals surface area contributed by atoms with Crippen LogP contribution in [0.4, 0.5) is 11.4 Å². The summed E-state index contributed by atoms with van der Waals surface area (Å²) in [4.78, 5) is 16.1. The van der Waals surface area contributed by atoms with E-state index in [1.54, 1.807) is 18.2 Å². The summed E-state index contributed by atoms with van der Waals surface area (Å²) in [5, 5.41) is 8.19. The number of aromatic nitrogens is 1. The topological polar surface area (TPSA) is 67.5 Å². The molecule has 0 aliphatic heterocycles. The Bertz CT molecular complexity index is 972. The summed E-state index contributed by atoms with van der Waals surface area (Å²) in [7, 11) is 0. The van der Waals surface area contributed by atoms with Crippen LogP contribution in [-0.2, 0) is 11.3 Å². The maximum absolute atomic E-state index is 11.7. The number of halogens is 2. The van der Waals surface area contributed by atoms with E-state index in [1.807, 2.05) is 38.1 Å². The molecule has 0 saturated carbocycles. The van der Waals surface area contributed by atoms with E-state index in [2.05, 4.69) is 15.5 Å². The number of benzene rings is 2.